The number of carbonyl (C=O) groups excluding carboxylic acids is 2. The maximum Gasteiger partial charge on any atom is 0.335 e. The molecule has 1 aliphatic rings. The summed E-state index contributed by atoms with van der Waals surface area (Å²) in [5, 5.41) is 0. The number of carbonyl (C=O) groups is 2. The number of cyclic esters (lactones) is 1. The summed E-state index contributed by atoms with van der Waals surface area (Å²) < 4.78 is 10.6. The predicted molar refractivity (Wildman–Crippen MR) is 63.5 cm³/mol. The van der Waals surface area contributed by atoms with Crippen molar-refractivity contribution in [1.29, 1.82) is 0 Å². The van der Waals surface area contributed by atoms with E-state index >= 15 is 0 Å². The lowest BCUT2D eigenvalue weighted by Crippen LogP contribution is -2.30. The van der Waals surface area contributed by atoms with Crippen molar-refractivity contribution in [3.05, 3.63) is 0 Å². The molecule has 98 valence electrons. The molecular weight excluding hydrogens is 220 g/mol. The van der Waals surface area contributed by atoms with Crippen LogP contribution in [0.5, 0.6) is 0 Å². The SMILES string of the molecule is CC(C)CC1OC(=O)C(CC(C)C)OCC1=O. The van der Waals surface area contributed by atoms with Crippen molar-refractivity contribution in [3.63, 3.8) is 0 Å². The predicted octanol–water partition coefficient (Wildman–Crippen LogP) is 1.96. The summed E-state index contributed by atoms with van der Waals surface area (Å²) in [4.78, 5) is 23.5. The highest BCUT2D eigenvalue weighted by molar-refractivity contribution is 5.89. The highest BCUT2D eigenvalue weighted by atomic mass is 16.6. The van der Waals surface area contributed by atoms with Gasteiger partial charge in [0.15, 0.2) is 18.0 Å². The Morgan fingerprint density at radius 1 is 1.06 bits per heavy atom. The van der Waals surface area contributed by atoms with Crippen LogP contribution in [0.15, 0.2) is 0 Å². The second-order valence-electron chi connectivity index (χ2n) is 5.45. The Balaban J connectivity index is 2.64. The first-order valence-corrected chi connectivity index (χ1v) is 6.25. The van der Waals surface area contributed by atoms with Crippen LogP contribution in [-0.2, 0) is 19.1 Å². The van der Waals surface area contributed by atoms with Crippen molar-refractivity contribution in [2.45, 2.75) is 52.7 Å². The molecule has 0 aromatic rings. The van der Waals surface area contributed by atoms with Gasteiger partial charge in [-0.3, -0.25) is 4.79 Å². The van der Waals surface area contributed by atoms with Crippen LogP contribution in [0.2, 0.25) is 0 Å². The summed E-state index contributed by atoms with van der Waals surface area (Å²) in [5.41, 5.74) is 0. The number of rotatable bonds is 4. The lowest BCUT2D eigenvalue weighted by molar-refractivity contribution is -0.159. The topological polar surface area (TPSA) is 52.6 Å². The normalized spacial score (nSPS) is 26.2. The molecule has 0 aromatic carbocycles. The molecule has 1 fully saturated rings. The molecule has 2 atom stereocenters. The summed E-state index contributed by atoms with van der Waals surface area (Å²) >= 11 is 0. The number of Topliss-reactive ketones (excluding diaryl/α,β-unsaturated/α-hetero) is 1. The van der Waals surface area contributed by atoms with E-state index in [0.29, 0.717) is 24.7 Å². The van der Waals surface area contributed by atoms with Crippen molar-refractivity contribution in [1.82, 2.24) is 0 Å². The Labute approximate surface area is 103 Å². The lowest BCUT2D eigenvalue weighted by atomic mass is 10.0. The Bertz CT molecular complexity index is 283. The van der Waals surface area contributed by atoms with E-state index in [1.807, 2.05) is 27.7 Å². The van der Waals surface area contributed by atoms with Crippen molar-refractivity contribution in [2.24, 2.45) is 11.8 Å². The average Bonchev–Trinajstić information content (AvgIpc) is 2.31. The molecule has 0 aliphatic carbocycles. The smallest absolute Gasteiger partial charge is 0.335 e. The van der Waals surface area contributed by atoms with Gasteiger partial charge in [-0.1, -0.05) is 27.7 Å². The van der Waals surface area contributed by atoms with Crippen molar-refractivity contribution < 1.29 is 19.1 Å². The van der Waals surface area contributed by atoms with Gasteiger partial charge in [0.1, 0.15) is 6.61 Å². The number of hydrogen-bond acceptors (Lipinski definition) is 4. The van der Waals surface area contributed by atoms with E-state index in [4.69, 9.17) is 9.47 Å². The summed E-state index contributed by atoms with van der Waals surface area (Å²) in [6.07, 6.45) is -0.0428. The Hall–Kier alpha value is -0.900. The number of ether oxygens (including phenoxy) is 2. The van der Waals surface area contributed by atoms with Gasteiger partial charge in [0, 0.05) is 0 Å². The molecule has 0 amide bonds. The fourth-order valence-corrected chi connectivity index (χ4v) is 1.83. The highest BCUT2D eigenvalue weighted by Crippen LogP contribution is 2.18. The van der Waals surface area contributed by atoms with E-state index in [-0.39, 0.29) is 12.4 Å². The van der Waals surface area contributed by atoms with E-state index in [2.05, 4.69) is 0 Å². The van der Waals surface area contributed by atoms with Gasteiger partial charge in [-0.05, 0) is 24.7 Å². The minimum absolute atomic E-state index is 0.0134. The lowest BCUT2D eigenvalue weighted by Gasteiger charge is -2.17. The maximum atomic E-state index is 11.8. The summed E-state index contributed by atoms with van der Waals surface area (Å²) in [5.74, 6) is 0.135. The molecule has 1 heterocycles. The molecule has 0 N–H and O–H groups in total. The zero-order valence-corrected chi connectivity index (χ0v) is 11.1. The summed E-state index contributed by atoms with van der Waals surface area (Å²) in [6, 6.07) is 0. The van der Waals surface area contributed by atoms with Gasteiger partial charge in [0.05, 0.1) is 0 Å². The van der Waals surface area contributed by atoms with Crippen LogP contribution in [-0.4, -0.2) is 30.6 Å². The Morgan fingerprint density at radius 3 is 2.12 bits per heavy atom. The monoisotopic (exact) mass is 242 g/mol. The van der Waals surface area contributed by atoms with Crippen LogP contribution in [0, 0.1) is 11.8 Å². The fourth-order valence-electron chi connectivity index (χ4n) is 1.83. The molecule has 17 heavy (non-hydrogen) atoms. The van der Waals surface area contributed by atoms with Gasteiger partial charge in [0.2, 0.25) is 0 Å². The maximum absolute atomic E-state index is 11.8. The Kier molecular flexibility index (Phi) is 5.12. The molecule has 2 unspecified atom stereocenters. The molecule has 0 spiro atoms. The van der Waals surface area contributed by atoms with Gasteiger partial charge in [-0.25, -0.2) is 4.79 Å². The third kappa shape index (κ3) is 4.46. The molecule has 1 aliphatic heterocycles. The number of ketones is 1. The molecule has 4 heteroatoms. The van der Waals surface area contributed by atoms with Gasteiger partial charge < -0.3 is 9.47 Å². The average molecular weight is 242 g/mol. The molecule has 0 aromatic heterocycles. The second kappa shape index (κ2) is 6.15. The van der Waals surface area contributed by atoms with E-state index in [1.54, 1.807) is 0 Å². The first-order chi connectivity index (χ1) is 7.90. The first kappa shape index (κ1) is 14.2. The van der Waals surface area contributed by atoms with Crippen LogP contribution >= 0.6 is 0 Å². The van der Waals surface area contributed by atoms with E-state index < -0.39 is 18.2 Å². The van der Waals surface area contributed by atoms with Crippen LogP contribution in [0.3, 0.4) is 0 Å². The molecule has 1 saturated heterocycles. The van der Waals surface area contributed by atoms with Crippen molar-refractivity contribution in [3.8, 4) is 0 Å². The van der Waals surface area contributed by atoms with Crippen LogP contribution in [0.25, 0.3) is 0 Å². The molecule has 1 rings (SSSR count). The van der Waals surface area contributed by atoms with Gasteiger partial charge in [0.25, 0.3) is 0 Å². The minimum Gasteiger partial charge on any atom is -0.452 e. The second-order valence-corrected chi connectivity index (χ2v) is 5.45. The van der Waals surface area contributed by atoms with E-state index in [9.17, 15) is 9.59 Å². The highest BCUT2D eigenvalue weighted by Gasteiger charge is 2.33. The third-order valence-corrected chi connectivity index (χ3v) is 2.68. The largest absolute Gasteiger partial charge is 0.452 e. The van der Waals surface area contributed by atoms with Crippen molar-refractivity contribution in [2.75, 3.05) is 6.61 Å². The van der Waals surface area contributed by atoms with Crippen LogP contribution in [0.1, 0.15) is 40.5 Å². The van der Waals surface area contributed by atoms with Crippen LogP contribution in [0.4, 0.5) is 0 Å². The summed E-state index contributed by atoms with van der Waals surface area (Å²) in [7, 11) is 0. The fraction of sp³-hybridized carbons (Fsp3) is 0.846. The number of esters is 1. The zero-order valence-electron chi connectivity index (χ0n) is 11.1. The zero-order chi connectivity index (χ0) is 13.0. The summed E-state index contributed by atoms with van der Waals surface area (Å²) in [6.45, 7) is 8.00. The van der Waals surface area contributed by atoms with Gasteiger partial charge >= 0.3 is 5.97 Å². The standard InChI is InChI=1S/C13H22O4/c1-8(2)5-11-10(14)7-16-12(6-9(3)4)13(15)17-11/h8-9,11-12H,5-7H2,1-4H3. The van der Waals surface area contributed by atoms with E-state index in [0.717, 1.165) is 0 Å². The molecule has 0 bridgehead atoms. The molecular formula is C13H22O4. The quantitative estimate of drug-likeness (QED) is 0.707. The first-order valence-electron chi connectivity index (χ1n) is 6.25. The van der Waals surface area contributed by atoms with Gasteiger partial charge in [-0.15, -0.1) is 0 Å². The third-order valence-electron chi connectivity index (χ3n) is 2.68. The van der Waals surface area contributed by atoms with Crippen LogP contribution < -0.4 is 0 Å². The Morgan fingerprint density at radius 2 is 1.59 bits per heavy atom. The number of hydrogen-bond donors (Lipinski definition) is 0. The van der Waals surface area contributed by atoms with Gasteiger partial charge in [-0.2, -0.15) is 0 Å². The van der Waals surface area contributed by atoms with Crippen molar-refractivity contribution >= 4 is 11.8 Å². The molecule has 0 radical (unpaired) electrons. The van der Waals surface area contributed by atoms with E-state index in [1.165, 1.54) is 0 Å². The molecule has 4 nitrogen and oxygen atoms in total. The minimum atomic E-state index is -0.625. The molecule has 0 saturated carbocycles.